The third-order valence-electron chi connectivity index (χ3n) is 2.14. The maximum Gasteiger partial charge on any atom is 0.168 e. The summed E-state index contributed by atoms with van der Waals surface area (Å²) >= 11 is 0. The number of aryl methyl sites for hydroxylation is 2. The van der Waals surface area contributed by atoms with Gasteiger partial charge in [0.25, 0.3) is 0 Å². The first kappa shape index (κ1) is 7.98. The van der Waals surface area contributed by atoms with E-state index in [4.69, 9.17) is 0 Å². The standard InChI is InChI=1S/C10H10N2O/c1-6-3-7(2)10-8(4-6)9(5-13)11-12-10/h3-5H,1-2H3,(H,11,12). The molecule has 0 spiro atoms. The van der Waals surface area contributed by atoms with E-state index in [1.807, 2.05) is 19.9 Å². The molecule has 0 aliphatic heterocycles. The molecule has 3 nitrogen and oxygen atoms in total. The molecule has 0 aliphatic rings. The molecule has 0 atom stereocenters. The number of aldehydes is 1. The molecule has 0 unspecified atom stereocenters. The van der Waals surface area contributed by atoms with Gasteiger partial charge in [-0.3, -0.25) is 9.89 Å². The van der Waals surface area contributed by atoms with Gasteiger partial charge in [-0.05, 0) is 25.5 Å². The lowest BCUT2D eigenvalue weighted by Gasteiger charge is -1.96. The number of aromatic amines is 1. The van der Waals surface area contributed by atoms with Crippen molar-refractivity contribution in [2.24, 2.45) is 0 Å². The molecule has 1 heterocycles. The van der Waals surface area contributed by atoms with Gasteiger partial charge in [-0.15, -0.1) is 0 Å². The molecule has 0 saturated heterocycles. The summed E-state index contributed by atoms with van der Waals surface area (Å²) in [4.78, 5) is 10.6. The van der Waals surface area contributed by atoms with E-state index >= 15 is 0 Å². The Morgan fingerprint density at radius 1 is 1.38 bits per heavy atom. The highest BCUT2D eigenvalue weighted by molar-refractivity contribution is 5.96. The van der Waals surface area contributed by atoms with Crippen molar-refractivity contribution in [3.05, 3.63) is 29.0 Å². The normalized spacial score (nSPS) is 10.6. The summed E-state index contributed by atoms with van der Waals surface area (Å²) in [6.45, 7) is 4.00. The number of H-pyrrole nitrogens is 1. The molecule has 0 bridgehead atoms. The van der Waals surface area contributed by atoms with E-state index in [9.17, 15) is 4.79 Å². The van der Waals surface area contributed by atoms with Crippen molar-refractivity contribution in [1.82, 2.24) is 10.2 Å². The maximum absolute atomic E-state index is 10.6. The smallest absolute Gasteiger partial charge is 0.168 e. The van der Waals surface area contributed by atoms with Crippen LogP contribution in [0.5, 0.6) is 0 Å². The number of rotatable bonds is 1. The van der Waals surface area contributed by atoms with E-state index in [0.29, 0.717) is 5.69 Å². The summed E-state index contributed by atoms with van der Waals surface area (Å²) in [7, 11) is 0. The molecular formula is C10H10N2O. The fourth-order valence-electron chi connectivity index (χ4n) is 1.58. The SMILES string of the molecule is Cc1cc(C)c2n[nH]c(C=O)c2c1. The van der Waals surface area contributed by atoms with Crippen LogP contribution < -0.4 is 0 Å². The van der Waals surface area contributed by atoms with E-state index in [0.717, 1.165) is 28.3 Å². The Morgan fingerprint density at radius 2 is 2.15 bits per heavy atom. The number of carbonyl (C=O) groups excluding carboxylic acids is 1. The van der Waals surface area contributed by atoms with Gasteiger partial charge in [0.2, 0.25) is 0 Å². The lowest BCUT2D eigenvalue weighted by Crippen LogP contribution is -1.81. The highest BCUT2D eigenvalue weighted by Crippen LogP contribution is 2.20. The average molecular weight is 174 g/mol. The largest absolute Gasteiger partial charge is 0.296 e. The molecule has 0 amide bonds. The molecular weight excluding hydrogens is 164 g/mol. The first-order valence-electron chi connectivity index (χ1n) is 4.13. The summed E-state index contributed by atoms with van der Waals surface area (Å²) in [6, 6.07) is 4.02. The Balaban J connectivity index is 2.89. The van der Waals surface area contributed by atoms with Crippen LogP contribution in [-0.2, 0) is 0 Å². The molecule has 0 radical (unpaired) electrons. The second-order valence-corrected chi connectivity index (χ2v) is 3.23. The number of benzene rings is 1. The van der Waals surface area contributed by atoms with Crippen LogP contribution in [0.1, 0.15) is 21.6 Å². The molecule has 3 heteroatoms. The first-order chi connectivity index (χ1) is 6.22. The number of fused-ring (bicyclic) bond motifs is 1. The predicted molar refractivity (Wildman–Crippen MR) is 51.0 cm³/mol. The van der Waals surface area contributed by atoms with Crippen LogP contribution >= 0.6 is 0 Å². The van der Waals surface area contributed by atoms with E-state index in [1.165, 1.54) is 0 Å². The van der Waals surface area contributed by atoms with Crippen LogP contribution in [0.15, 0.2) is 12.1 Å². The second-order valence-electron chi connectivity index (χ2n) is 3.23. The molecule has 2 aromatic rings. The molecule has 13 heavy (non-hydrogen) atoms. The van der Waals surface area contributed by atoms with Gasteiger partial charge < -0.3 is 0 Å². The van der Waals surface area contributed by atoms with Crippen LogP contribution in [0.2, 0.25) is 0 Å². The topological polar surface area (TPSA) is 45.8 Å². The van der Waals surface area contributed by atoms with Crippen LogP contribution in [0.25, 0.3) is 10.9 Å². The van der Waals surface area contributed by atoms with Crippen molar-refractivity contribution in [2.45, 2.75) is 13.8 Å². The maximum atomic E-state index is 10.6. The molecule has 0 fully saturated rings. The number of carbonyl (C=O) groups is 1. The van der Waals surface area contributed by atoms with Crippen molar-refractivity contribution >= 4 is 17.2 Å². The highest BCUT2D eigenvalue weighted by Gasteiger charge is 2.06. The lowest BCUT2D eigenvalue weighted by molar-refractivity contribution is 0.112. The highest BCUT2D eigenvalue weighted by atomic mass is 16.1. The van der Waals surface area contributed by atoms with Crippen molar-refractivity contribution in [1.29, 1.82) is 0 Å². The van der Waals surface area contributed by atoms with Gasteiger partial charge in [-0.2, -0.15) is 5.10 Å². The zero-order chi connectivity index (χ0) is 9.42. The van der Waals surface area contributed by atoms with Gasteiger partial charge in [-0.1, -0.05) is 11.6 Å². The minimum absolute atomic E-state index is 0.557. The van der Waals surface area contributed by atoms with Gasteiger partial charge >= 0.3 is 0 Å². The molecule has 1 aromatic heterocycles. The monoisotopic (exact) mass is 174 g/mol. The number of hydrogen-bond donors (Lipinski definition) is 1. The third kappa shape index (κ3) is 1.13. The van der Waals surface area contributed by atoms with Gasteiger partial charge in [-0.25, -0.2) is 0 Å². The predicted octanol–water partition coefficient (Wildman–Crippen LogP) is 1.99. The number of aromatic nitrogens is 2. The Morgan fingerprint density at radius 3 is 2.85 bits per heavy atom. The lowest BCUT2D eigenvalue weighted by atomic mass is 10.1. The van der Waals surface area contributed by atoms with Gasteiger partial charge in [0.15, 0.2) is 6.29 Å². The Kier molecular flexibility index (Phi) is 1.65. The summed E-state index contributed by atoms with van der Waals surface area (Å²) in [5, 5.41) is 7.70. The number of hydrogen-bond acceptors (Lipinski definition) is 2. The van der Waals surface area contributed by atoms with E-state index in [1.54, 1.807) is 0 Å². The van der Waals surface area contributed by atoms with Crippen LogP contribution in [0.4, 0.5) is 0 Å². The van der Waals surface area contributed by atoms with E-state index < -0.39 is 0 Å². The van der Waals surface area contributed by atoms with E-state index in [-0.39, 0.29) is 0 Å². The van der Waals surface area contributed by atoms with Crippen LogP contribution in [0, 0.1) is 13.8 Å². The fourth-order valence-corrected chi connectivity index (χ4v) is 1.58. The Hall–Kier alpha value is -1.64. The molecule has 1 N–H and O–H groups in total. The van der Waals surface area contributed by atoms with Crippen molar-refractivity contribution in [3.63, 3.8) is 0 Å². The average Bonchev–Trinajstić information content (AvgIpc) is 2.47. The molecule has 0 saturated carbocycles. The van der Waals surface area contributed by atoms with Crippen molar-refractivity contribution < 1.29 is 4.79 Å². The second kappa shape index (κ2) is 2.69. The van der Waals surface area contributed by atoms with E-state index in [2.05, 4.69) is 16.3 Å². The Labute approximate surface area is 75.8 Å². The quantitative estimate of drug-likeness (QED) is 0.672. The minimum Gasteiger partial charge on any atom is -0.296 e. The molecule has 2 rings (SSSR count). The van der Waals surface area contributed by atoms with Gasteiger partial charge in [0.05, 0.1) is 5.52 Å². The summed E-state index contributed by atoms with van der Waals surface area (Å²) < 4.78 is 0. The van der Waals surface area contributed by atoms with Gasteiger partial charge in [0.1, 0.15) is 5.69 Å². The molecule has 0 aliphatic carbocycles. The summed E-state index contributed by atoms with van der Waals surface area (Å²) in [5.41, 5.74) is 3.68. The van der Waals surface area contributed by atoms with Crippen molar-refractivity contribution in [2.75, 3.05) is 0 Å². The summed E-state index contributed by atoms with van der Waals surface area (Å²) in [5.74, 6) is 0. The number of nitrogens with zero attached hydrogens (tertiary/aromatic N) is 1. The third-order valence-corrected chi connectivity index (χ3v) is 2.14. The zero-order valence-corrected chi connectivity index (χ0v) is 7.59. The molecule has 1 aromatic carbocycles. The van der Waals surface area contributed by atoms with Gasteiger partial charge in [0, 0.05) is 5.39 Å². The van der Waals surface area contributed by atoms with Crippen molar-refractivity contribution in [3.8, 4) is 0 Å². The van der Waals surface area contributed by atoms with Crippen LogP contribution in [-0.4, -0.2) is 16.5 Å². The van der Waals surface area contributed by atoms with Crippen LogP contribution in [0.3, 0.4) is 0 Å². The summed E-state index contributed by atoms with van der Waals surface area (Å²) in [6.07, 6.45) is 0.800. The number of nitrogens with one attached hydrogen (secondary N) is 1. The first-order valence-corrected chi connectivity index (χ1v) is 4.13. The minimum atomic E-state index is 0.557. The Bertz CT molecular complexity index is 471. The zero-order valence-electron chi connectivity index (χ0n) is 7.59. The molecule has 66 valence electrons. The fraction of sp³-hybridized carbons (Fsp3) is 0.200.